The molecular weight excluding hydrogens is 637 g/mol. The van der Waals surface area contributed by atoms with Crippen molar-refractivity contribution in [2.75, 3.05) is 0 Å². The minimum atomic E-state index is 0.480. The maximum Gasteiger partial charge on any atom is -0.0320 e. The molecule has 0 amide bonds. The molecule has 53 heavy (non-hydrogen) atoms. The van der Waals surface area contributed by atoms with Gasteiger partial charge in [-0.25, -0.2) is 0 Å². The first kappa shape index (κ1) is 55.1. The highest BCUT2D eigenvalue weighted by atomic mass is 14.5. The third kappa shape index (κ3) is 27.3. The molecule has 2 bridgehead atoms. The van der Waals surface area contributed by atoms with Crippen LogP contribution < -0.4 is 0 Å². The van der Waals surface area contributed by atoms with Gasteiger partial charge >= 0.3 is 0 Å². The van der Waals surface area contributed by atoms with E-state index in [1.807, 2.05) is 0 Å². The molecule has 0 heterocycles. The van der Waals surface area contributed by atoms with Crippen LogP contribution in [0.2, 0.25) is 0 Å². The molecule has 4 fully saturated rings. The third-order valence-corrected chi connectivity index (χ3v) is 14.2. The Morgan fingerprint density at radius 1 is 0.566 bits per heavy atom. The summed E-state index contributed by atoms with van der Waals surface area (Å²) in [5.41, 5.74) is 1.69. The molecule has 5 atom stereocenters. The normalized spacial score (nSPS) is 24.0. The van der Waals surface area contributed by atoms with Gasteiger partial charge in [0.2, 0.25) is 0 Å². The lowest BCUT2D eigenvalue weighted by Gasteiger charge is -2.30. The van der Waals surface area contributed by atoms with Crippen molar-refractivity contribution >= 4 is 0 Å². The molecule has 0 aromatic rings. The monoisotopic (exact) mass is 747 g/mol. The van der Waals surface area contributed by atoms with Crippen molar-refractivity contribution in [1.82, 2.24) is 0 Å². The molecule has 4 aliphatic rings. The van der Waals surface area contributed by atoms with Crippen LogP contribution in [0.15, 0.2) is 0 Å². The van der Waals surface area contributed by atoms with Gasteiger partial charge in [-0.05, 0) is 131 Å². The highest BCUT2D eigenvalue weighted by Gasteiger charge is 2.46. The average Bonchev–Trinajstić information content (AvgIpc) is 3.49. The zero-order valence-electron chi connectivity index (χ0n) is 42.1. The maximum atomic E-state index is 2.39. The van der Waals surface area contributed by atoms with Crippen LogP contribution >= 0.6 is 0 Å². The molecule has 0 aromatic carbocycles. The van der Waals surface area contributed by atoms with Crippen molar-refractivity contribution in [3.8, 4) is 0 Å². The first-order valence-corrected chi connectivity index (χ1v) is 23.9. The van der Waals surface area contributed by atoms with Crippen LogP contribution in [0.25, 0.3) is 0 Å². The Balaban J connectivity index is 0. The van der Waals surface area contributed by atoms with E-state index in [1.165, 1.54) is 51.4 Å². The molecule has 322 valence electrons. The highest BCUT2D eigenvalue weighted by molar-refractivity contribution is 4.96. The Kier molecular flexibility index (Phi) is 27.1. The number of rotatable bonds is 9. The van der Waals surface area contributed by atoms with Crippen molar-refractivity contribution in [3.63, 3.8) is 0 Å². The van der Waals surface area contributed by atoms with Crippen LogP contribution in [0, 0.1) is 99.1 Å². The third-order valence-electron chi connectivity index (χ3n) is 14.2. The fraction of sp³-hybridized carbons (Fsp3) is 1.00. The standard InChI is InChI=1S/C10H18.C10H20.C9H20.C8H16.2C8H18/c1-7(2)10-6-8-3-4-9(10)5-8;1-9(2)7-8-10-5-3-4-6-10;1-7(2)8(3)9(4,5)6;1-6(2)7-5-8(7,3)4;1-7(2)6-8(3,4)5;1-6(2)8(5)7(3)4/h7-10H,3-6H2,1-2H3;9-10H,3-8H2,1-2H3;7-8H,1-6H3;6-7H,5H2,1-4H3;7H,6H2,1-5H3;6-8H,1-5H3. The van der Waals surface area contributed by atoms with Crippen molar-refractivity contribution < 1.29 is 0 Å². The van der Waals surface area contributed by atoms with E-state index in [2.05, 4.69) is 166 Å². The summed E-state index contributed by atoms with van der Waals surface area (Å²) in [6.45, 7) is 55.4. The quantitative estimate of drug-likeness (QED) is 0.220. The molecular formula is C53H110. The molecule has 0 nitrogen and oxygen atoms in total. The first-order chi connectivity index (χ1) is 23.9. The summed E-state index contributed by atoms with van der Waals surface area (Å²) in [6.07, 6.45) is 18.0. The minimum Gasteiger partial charge on any atom is -0.0628 e. The molecule has 4 saturated carbocycles. The average molecular weight is 747 g/mol. The lowest BCUT2D eigenvalue weighted by Crippen LogP contribution is -2.21. The van der Waals surface area contributed by atoms with Gasteiger partial charge in [0, 0.05) is 0 Å². The smallest absolute Gasteiger partial charge is 0.0320 e. The number of hydrogen-bond donors (Lipinski definition) is 0. The summed E-state index contributed by atoms with van der Waals surface area (Å²) in [7, 11) is 0. The van der Waals surface area contributed by atoms with Crippen molar-refractivity contribution in [3.05, 3.63) is 0 Å². The summed E-state index contributed by atoms with van der Waals surface area (Å²) in [4.78, 5) is 0. The molecule has 4 aliphatic carbocycles. The van der Waals surface area contributed by atoms with Crippen LogP contribution in [0.1, 0.15) is 243 Å². The second-order valence-corrected chi connectivity index (χ2v) is 24.7. The van der Waals surface area contributed by atoms with Crippen LogP contribution in [0.5, 0.6) is 0 Å². The van der Waals surface area contributed by atoms with E-state index >= 15 is 0 Å². The molecule has 5 unspecified atom stereocenters. The van der Waals surface area contributed by atoms with E-state index in [9.17, 15) is 0 Å². The molecule has 4 rings (SSSR count). The van der Waals surface area contributed by atoms with E-state index in [1.54, 1.807) is 25.7 Å². The Labute approximate surface area is 341 Å². The fourth-order valence-electron chi connectivity index (χ4n) is 9.62. The van der Waals surface area contributed by atoms with Crippen LogP contribution in [-0.4, -0.2) is 0 Å². The van der Waals surface area contributed by atoms with E-state index < -0.39 is 0 Å². The summed E-state index contributed by atoms with van der Waals surface area (Å²) < 4.78 is 0. The van der Waals surface area contributed by atoms with Gasteiger partial charge in [0.25, 0.3) is 0 Å². The van der Waals surface area contributed by atoms with Gasteiger partial charge < -0.3 is 0 Å². The van der Waals surface area contributed by atoms with E-state index in [-0.39, 0.29) is 0 Å². The second-order valence-electron chi connectivity index (χ2n) is 24.7. The van der Waals surface area contributed by atoms with E-state index in [0.717, 1.165) is 82.9 Å². The van der Waals surface area contributed by atoms with Gasteiger partial charge in [0.05, 0.1) is 0 Å². The Bertz CT molecular complexity index is 826. The van der Waals surface area contributed by atoms with Gasteiger partial charge in [0.1, 0.15) is 0 Å². The summed E-state index contributed by atoms with van der Waals surface area (Å²) in [6, 6.07) is 0. The van der Waals surface area contributed by atoms with Crippen LogP contribution in [0.4, 0.5) is 0 Å². The van der Waals surface area contributed by atoms with Gasteiger partial charge in [-0.15, -0.1) is 0 Å². The SMILES string of the molecule is CC(C)C(C)C(C)(C)C.CC(C)C(C)C(C)C.CC(C)C1CC1(C)C.CC(C)C1CC2CCC1C2.CC(C)CC(C)(C)C.CC(C)CCC1CCCC1. The topological polar surface area (TPSA) is 0 Å². The molecule has 0 aliphatic heterocycles. The molecule has 0 aromatic heterocycles. The molecule has 0 N–H and O–H groups in total. The number of hydrogen-bond acceptors (Lipinski definition) is 0. The van der Waals surface area contributed by atoms with Gasteiger partial charge in [-0.3, -0.25) is 0 Å². The zero-order valence-corrected chi connectivity index (χ0v) is 42.1. The predicted molar refractivity (Wildman–Crippen MR) is 248 cm³/mol. The van der Waals surface area contributed by atoms with Crippen molar-refractivity contribution in [2.45, 2.75) is 243 Å². The molecule has 0 radical (unpaired) electrons. The Morgan fingerprint density at radius 3 is 1.19 bits per heavy atom. The van der Waals surface area contributed by atoms with Crippen molar-refractivity contribution in [1.29, 1.82) is 0 Å². The van der Waals surface area contributed by atoms with E-state index in [0.29, 0.717) is 16.2 Å². The van der Waals surface area contributed by atoms with Gasteiger partial charge in [-0.1, -0.05) is 211 Å². The van der Waals surface area contributed by atoms with Gasteiger partial charge in [0.15, 0.2) is 0 Å². The lowest BCUT2D eigenvalue weighted by molar-refractivity contribution is 0.199. The molecule has 0 heteroatoms. The van der Waals surface area contributed by atoms with E-state index in [4.69, 9.17) is 0 Å². The zero-order chi connectivity index (χ0) is 42.1. The number of fused-ring (bicyclic) bond motifs is 2. The highest BCUT2D eigenvalue weighted by Crippen LogP contribution is 2.55. The Morgan fingerprint density at radius 2 is 1.04 bits per heavy atom. The van der Waals surface area contributed by atoms with Crippen molar-refractivity contribution in [2.24, 2.45) is 99.1 Å². The molecule has 0 saturated heterocycles. The minimum absolute atomic E-state index is 0.480. The van der Waals surface area contributed by atoms with Crippen LogP contribution in [0.3, 0.4) is 0 Å². The Hall–Kier alpha value is 0. The summed E-state index contributed by atoms with van der Waals surface area (Å²) in [5, 5.41) is 0. The molecule has 0 spiro atoms. The van der Waals surface area contributed by atoms with Gasteiger partial charge in [-0.2, -0.15) is 0 Å². The maximum absolute atomic E-state index is 2.39. The predicted octanol–water partition coefficient (Wildman–Crippen LogP) is 18.7. The van der Waals surface area contributed by atoms with Crippen LogP contribution in [-0.2, 0) is 0 Å². The lowest BCUT2D eigenvalue weighted by atomic mass is 9.76. The largest absolute Gasteiger partial charge is 0.0628 e. The summed E-state index contributed by atoms with van der Waals surface area (Å²) in [5.74, 6) is 13.3. The first-order valence-electron chi connectivity index (χ1n) is 23.9. The second kappa shape index (κ2) is 26.1. The fourth-order valence-corrected chi connectivity index (χ4v) is 9.62. The summed E-state index contributed by atoms with van der Waals surface area (Å²) >= 11 is 0.